The van der Waals surface area contributed by atoms with E-state index in [4.69, 9.17) is 5.73 Å². The summed E-state index contributed by atoms with van der Waals surface area (Å²) in [4.78, 5) is 24.6. The molecule has 0 aliphatic heterocycles. The molecule has 8 nitrogen and oxygen atoms in total. The van der Waals surface area contributed by atoms with Gasteiger partial charge in [0.1, 0.15) is 5.69 Å². The molecule has 2 aromatic rings. The van der Waals surface area contributed by atoms with E-state index in [0.29, 0.717) is 17.3 Å². The number of hydrogen-bond acceptors (Lipinski definition) is 7. The van der Waals surface area contributed by atoms with Gasteiger partial charge in [-0.05, 0) is 37.8 Å². The fourth-order valence-corrected chi connectivity index (χ4v) is 3.31. The van der Waals surface area contributed by atoms with Crippen LogP contribution < -0.4 is 11.1 Å². The van der Waals surface area contributed by atoms with E-state index in [2.05, 4.69) is 20.3 Å². The molecule has 1 amide bonds. The van der Waals surface area contributed by atoms with Crippen LogP contribution in [0.1, 0.15) is 49.5 Å². The van der Waals surface area contributed by atoms with Gasteiger partial charge >= 0.3 is 0 Å². The zero-order chi connectivity index (χ0) is 18.7. The maximum absolute atomic E-state index is 12.6. The number of nitrogens with two attached hydrogens (primary N) is 1. The van der Waals surface area contributed by atoms with Gasteiger partial charge in [-0.15, -0.1) is 0 Å². The first kappa shape index (κ1) is 17.9. The Balaban J connectivity index is 1.85. The van der Waals surface area contributed by atoms with Crippen molar-refractivity contribution >= 4 is 11.6 Å². The third-order valence-electron chi connectivity index (χ3n) is 4.81. The lowest BCUT2D eigenvalue weighted by Gasteiger charge is -2.28. The first-order valence-electron chi connectivity index (χ1n) is 8.78. The second-order valence-corrected chi connectivity index (χ2v) is 6.70. The molecule has 2 aromatic heterocycles. The highest BCUT2D eigenvalue weighted by Crippen LogP contribution is 2.30. The van der Waals surface area contributed by atoms with Crippen LogP contribution in [0.25, 0.3) is 11.5 Å². The SMILES string of the molecule is CC(NC(=O)c1nc(-c2cc(N)ccn2)nc(O)c1O)C1CCCCC1. The normalized spacial score (nSPS) is 16.2. The summed E-state index contributed by atoms with van der Waals surface area (Å²) in [7, 11) is 0. The molecule has 1 saturated carbocycles. The molecule has 1 aliphatic rings. The van der Waals surface area contributed by atoms with E-state index < -0.39 is 17.5 Å². The van der Waals surface area contributed by atoms with E-state index in [9.17, 15) is 15.0 Å². The van der Waals surface area contributed by atoms with Crippen molar-refractivity contribution < 1.29 is 15.0 Å². The molecule has 26 heavy (non-hydrogen) atoms. The highest BCUT2D eigenvalue weighted by Gasteiger charge is 2.25. The summed E-state index contributed by atoms with van der Waals surface area (Å²) in [6, 6.07) is 3.08. The van der Waals surface area contributed by atoms with E-state index in [1.165, 1.54) is 18.7 Å². The molecule has 0 aromatic carbocycles. The Morgan fingerprint density at radius 2 is 2.00 bits per heavy atom. The zero-order valence-corrected chi connectivity index (χ0v) is 14.6. The van der Waals surface area contributed by atoms with E-state index in [0.717, 1.165) is 25.7 Å². The van der Waals surface area contributed by atoms with Crippen molar-refractivity contribution in [2.45, 2.75) is 45.1 Å². The number of nitrogens with zero attached hydrogens (tertiary/aromatic N) is 3. The maximum Gasteiger partial charge on any atom is 0.274 e. The molecule has 1 unspecified atom stereocenters. The molecular weight excluding hydrogens is 334 g/mol. The smallest absolute Gasteiger partial charge is 0.274 e. The highest BCUT2D eigenvalue weighted by atomic mass is 16.3. The number of nitrogen functional groups attached to an aromatic ring is 1. The minimum atomic E-state index is -0.672. The monoisotopic (exact) mass is 357 g/mol. The number of carbonyl (C=O) groups excluding carboxylic acids is 1. The van der Waals surface area contributed by atoms with Crippen molar-refractivity contribution in [3.63, 3.8) is 0 Å². The molecule has 0 radical (unpaired) electrons. The maximum atomic E-state index is 12.6. The number of pyridine rings is 1. The zero-order valence-electron chi connectivity index (χ0n) is 14.6. The number of rotatable bonds is 4. The summed E-state index contributed by atoms with van der Waals surface area (Å²) in [6.45, 7) is 1.95. The second-order valence-electron chi connectivity index (χ2n) is 6.70. The highest BCUT2D eigenvalue weighted by molar-refractivity contribution is 5.96. The van der Waals surface area contributed by atoms with Gasteiger partial charge in [-0.25, -0.2) is 4.98 Å². The molecule has 8 heteroatoms. The van der Waals surface area contributed by atoms with Gasteiger partial charge in [0, 0.05) is 17.9 Å². The van der Waals surface area contributed by atoms with Crippen LogP contribution in [0.4, 0.5) is 5.69 Å². The van der Waals surface area contributed by atoms with E-state index in [1.807, 2.05) is 6.92 Å². The van der Waals surface area contributed by atoms with Gasteiger partial charge in [-0.3, -0.25) is 9.78 Å². The average Bonchev–Trinajstić information content (AvgIpc) is 2.64. The minimum absolute atomic E-state index is 0.0167. The fraction of sp³-hybridized carbons (Fsp3) is 0.444. The number of nitrogens with one attached hydrogen (secondary N) is 1. The van der Waals surface area contributed by atoms with E-state index in [-0.39, 0.29) is 17.6 Å². The van der Waals surface area contributed by atoms with Crippen molar-refractivity contribution in [2.75, 3.05) is 5.73 Å². The molecule has 0 spiro atoms. The molecule has 0 saturated heterocycles. The Labute approximate surface area is 151 Å². The molecule has 1 fully saturated rings. The standard InChI is InChI=1S/C18H23N5O3/c1-10(11-5-3-2-4-6-11)21-17(25)14-15(24)18(26)23-16(22-14)13-9-12(19)7-8-20-13/h7-11,24H,2-6H2,1H3,(H2,19,20)(H,21,25)(H,22,23,26). The van der Waals surface area contributed by atoms with Gasteiger partial charge in [0.2, 0.25) is 5.75 Å². The summed E-state index contributed by atoms with van der Waals surface area (Å²) in [5, 5.41) is 22.8. The van der Waals surface area contributed by atoms with Crippen LogP contribution in [0, 0.1) is 5.92 Å². The predicted octanol–water partition coefficient (Wildman–Crippen LogP) is 2.23. The molecule has 2 heterocycles. The van der Waals surface area contributed by atoms with Crippen LogP contribution in [0.2, 0.25) is 0 Å². The lowest BCUT2D eigenvalue weighted by molar-refractivity contribution is 0.0910. The lowest BCUT2D eigenvalue weighted by atomic mass is 9.84. The Hall–Kier alpha value is -2.90. The van der Waals surface area contributed by atoms with Crippen molar-refractivity contribution in [1.82, 2.24) is 20.3 Å². The third kappa shape index (κ3) is 3.84. The number of aromatic nitrogens is 3. The number of carbonyl (C=O) groups is 1. The van der Waals surface area contributed by atoms with Crippen LogP contribution in [0.5, 0.6) is 11.6 Å². The summed E-state index contributed by atoms with van der Waals surface area (Å²) in [5.74, 6) is -1.45. The molecular formula is C18H23N5O3. The first-order chi connectivity index (χ1) is 12.5. The van der Waals surface area contributed by atoms with E-state index >= 15 is 0 Å². The van der Waals surface area contributed by atoms with Gasteiger partial charge in [0.15, 0.2) is 11.5 Å². The molecule has 138 valence electrons. The van der Waals surface area contributed by atoms with Gasteiger partial charge in [0.25, 0.3) is 11.8 Å². The third-order valence-corrected chi connectivity index (χ3v) is 4.81. The van der Waals surface area contributed by atoms with Gasteiger partial charge < -0.3 is 21.3 Å². The summed E-state index contributed by atoms with van der Waals surface area (Å²) >= 11 is 0. The van der Waals surface area contributed by atoms with Gasteiger partial charge in [-0.1, -0.05) is 19.3 Å². The van der Waals surface area contributed by atoms with Crippen molar-refractivity contribution in [2.24, 2.45) is 5.92 Å². The summed E-state index contributed by atoms with van der Waals surface area (Å²) < 4.78 is 0. The Bertz CT molecular complexity index is 805. The number of anilines is 1. The van der Waals surface area contributed by atoms with Crippen LogP contribution in [0.15, 0.2) is 18.3 Å². The Morgan fingerprint density at radius 1 is 1.27 bits per heavy atom. The Morgan fingerprint density at radius 3 is 2.69 bits per heavy atom. The van der Waals surface area contributed by atoms with Crippen LogP contribution in [-0.2, 0) is 0 Å². The van der Waals surface area contributed by atoms with Crippen molar-refractivity contribution in [3.05, 3.63) is 24.0 Å². The van der Waals surface area contributed by atoms with Crippen LogP contribution >= 0.6 is 0 Å². The van der Waals surface area contributed by atoms with Gasteiger partial charge in [-0.2, -0.15) is 4.98 Å². The average molecular weight is 357 g/mol. The summed E-state index contributed by atoms with van der Waals surface area (Å²) in [6.07, 6.45) is 7.17. The summed E-state index contributed by atoms with van der Waals surface area (Å²) in [5.41, 5.74) is 6.19. The van der Waals surface area contributed by atoms with E-state index in [1.54, 1.807) is 6.07 Å². The van der Waals surface area contributed by atoms with Gasteiger partial charge in [0.05, 0.1) is 0 Å². The first-order valence-corrected chi connectivity index (χ1v) is 8.78. The molecule has 5 N–H and O–H groups in total. The minimum Gasteiger partial charge on any atom is -0.501 e. The Kier molecular flexibility index (Phi) is 5.20. The predicted molar refractivity (Wildman–Crippen MR) is 96.5 cm³/mol. The molecule has 1 atom stereocenters. The quantitative estimate of drug-likeness (QED) is 0.659. The van der Waals surface area contributed by atoms with Crippen molar-refractivity contribution in [1.29, 1.82) is 0 Å². The number of amides is 1. The number of hydrogen-bond donors (Lipinski definition) is 4. The fourth-order valence-electron chi connectivity index (χ4n) is 3.31. The molecule has 1 aliphatic carbocycles. The lowest BCUT2D eigenvalue weighted by Crippen LogP contribution is -2.39. The topological polar surface area (TPSA) is 134 Å². The molecule has 3 rings (SSSR count). The largest absolute Gasteiger partial charge is 0.501 e. The van der Waals surface area contributed by atoms with Crippen LogP contribution in [-0.4, -0.2) is 37.1 Å². The van der Waals surface area contributed by atoms with Crippen molar-refractivity contribution in [3.8, 4) is 23.1 Å². The second kappa shape index (κ2) is 7.55. The van der Waals surface area contributed by atoms with Crippen LogP contribution in [0.3, 0.4) is 0 Å². The number of aromatic hydroxyl groups is 2. The molecule has 0 bridgehead atoms.